The first-order valence-corrected chi connectivity index (χ1v) is 10.3. The molecule has 160 valence electrons. The largest absolute Gasteiger partial charge is 0.419 e. The standard InChI is InChI=1S/C20H15BrN8O3/c1-20(12-5-4-6-13(9-12)29-11-22-26-27-29)18(30)28(19(31)23-20)10-16-24-25-17(32-16)14-7-2-3-8-15(14)21/h2-9,11H,10H2,1H3,(H,23,31)/t20-/m1/s1. The van der Waals surface area contributed by atoms with Crippen molar-refractivity contribution in [1.29, 1.82) is 0 Å². The van der Waals surface area contributed by atoms with Gasteiger partial charge in [0.25, 0.3) is 5.91 Å². The van der Waals surface area contributed by atoms with Gasteiger partial charge in [0, 0.05) is 4.47 Å². The lowest BCUT2D eigenvalue weighted by Gasteiger charge is -2.22. The molecule has 1 aliphatic heterocycles. The van der Waals surface area contributed by atoms with E-state index in [4.69, 9.17) is 4.42 Å². The highest BCUT2D eigenvalue weighted by atomic mass is 79.9. The Balaban J connectivity index is 1.40. The first kappa shape index (κ1) is 20.0. The number of benzene rings is 2. The third kappa shape index (κ3) is 3.34. The third-order valence-electron chi connectivity index (χ3n) is 5.18. The lowest BCUT2D eigenvalue weighted by Crippen LogP contribution is -2.40. The van der Waals surface area contributed by atoms with Crippen LogP contribution in [0.4, 0.5) is 4.79 Å². The van der Waals surface area contributed by atoms with Crippen molar-refractivity contribution >= 4 is 27.9 Å². The Hall–Kier alpha value is -3.93. The minimum atomic E-state index is -1.27. The van der Waals surface area contributed by atoms with Crippen LogP contribution in [-0.4, -0.2) is 47.2 Å². The number of aromatic nitrogens is 6. The van der Waals surface area contributed by atoms with E-state index in [0.717, 1.165) is 9.37 Å². The first-order valence-electron chi connectivity index (χ1n) is 9.51. The average molecular weight is 495 g/mol. The quantitative estimate of drug-likeness (QED) is 0.418. The van der Waals surface area contributed by atoms with Crippen LogP contribution >= 0.6 is 15.9 Å². The van der Waals surface area contributed by atoms with Gasteiger partial charge in [-0.2, -0.15) is 0 Å². The van der Waals surface area contributed by atoms with Crippen LogP contribution in [0.2, 0.25) is 0 Å². The minimum absolute atomic E-state index is 0.144. The Bertz CT molecular complexity index is 1320. The summed E-state index contributed by atoms with van der Waals surface area (Å²) in [7, 11) is 0. The number of carbonyl (C=O) groups excluding carboxylic acids is 2. The van der Waals surface area contributed by atoms with Crippen molar-refractivity contribution in [2.75, 3.05) is 0 Å². The second-order valence-electron chi connectivity index (χ2n) is 7.23. The fraction of sp³-hybridized carbons (Fsp3) is 0.150. The number of nitrogens with zero attached hydrogens (tertiary/aromatic N) is 7. The van der Waals surface area contributed by atoms with Crippen LogP contribution < -0.4 is 5.32 Å². The van der Waals surface area contributed by atoms with Crippen LogP contribution in [0, 0.1) is 0 Å². The smallest absolute Gasteiger partial charge is 0.325 e. The minimum Gasteiger partial charge on any atom is -0.419 e. The van der Waals surface area contributed by atoms with Crippen molar-refractivity contribution in [2.45, 2.75) is 19.0 Å². The molecule has 0 bridgehead atoms. The number of imide groups is 1. The lowest BCUT2D eigenvalue weighted by molar-refractivity contribution is -0.131. The number of tetrazole rings is 1. The van der Waals surface area contributed by atoms with Gasteiger partial charge in [-0.3, -0.25) is 9.69 Å². The molecule has 0 saturated carbocycles. The summed E-state index contributed by atoms with van der Waals surface area (Å²) in [5.74, 6) is -0.000570. The molecule has 0 unspecified atom stereocenters. The van der Waals surface area contributed by atoms with Crippen molar-refractivity contribution < 1.29 is 14.0 Å². The maximum Gasteiger partial charge on any atom is 0.325 e. The van der Waals surface area contributed by atoms with Crippen molar-refractivity contribution in [1.82, 2.24) is 40.6 Å². The summed E-state index contributed by atoms with van der Waals surface area (Å²) in [5.41, 5.74) is 0.689. The van der Waals surface area contributed by atoms with E-state index in [1.807, 2.05) is 24.3 Å². The molecule has 1 fully saturated rings. The van der Waals surface area contributed by atoms with Gasteiger partial charge < -0.3 is 9.73 Å². The Labute approximate surface area is 189 Å². The zero-order valence-electron chi connectivity index (χ0n) is 16.6. The number of carbonyl (C=O) groups is 2. The Morgan fingerprint density at radius 1 is 1.12 bits per heavy atom. The molecule has 3 amide bonds. The number of hydrogen-bond donors (Lipinski definition) is 1. The Kier molecular flexibility index (Phi) is 4.78. The summed E-state index contributed by atoms with van der Waals surface area (Å²) in [6.45, 7) is 1.50. The molecule has 1 saturated heterocycles. The van der Waals surface area contributed by atoms with Crippen molar-refractivity contribution in [2.24, 2.45) is 0 Å². The normalized spacial score (nSPS) is 18.2. The Morgan fingerprint density at radius 2 is 1.97 bits per heavy atom. The van der Waals surface area contributed by atoms with Gasteiger partial charge >= 0.3 is 6.03 Å². The summed E-state index contributed by atoms with van der Waals surface area (Å²) in [6, 6.07) is 13.9. The number of rotatable bonds is 5. The van der Waals surface area contributed by atoms with Crippen LogP contribution in [0.25, 0.3) is 17.1 Å². The molecule has 5 rings (SSSR count). The van der Waals surface area contributed by atoms with Gasteiger partial charge in [0.05, 0.1) is 11.3 Å². The summed E-state index contributed by atoms with van der Waals surface area (Å²) >= 11 is 3.44. The fourth-order valence-corrected chi connectivity index (χ4v) is 3.93. The molecule has 11 nitrogen and oxygen atoms in total. The molecule has 1 aliphatic rings. The molecule has 1 N–H and O–H groups in total. The van der Waals surface area contributed by atoms with E-state index in [1.165, 1.54) is 11.0 Å². The number of hydrogen-bond acceptors (Lipinski definition) is 8. The van der Waals surface area contributed by atoms with Gasteiger partial charge in [0.1, 0.15) is 18.4 Å². The summed E-state index contributed by atoms with van der Waals surface area (Å²) in [6.07, 6.45) is 1.45. The van der Waals surface area contributed by atoms with Gasteiger partial charge in [-0.25, -0.2) is 9.48 Å². The van der Waals surface area contributed by atoms with E-state index in [0.29, 0.717) is 16.8 Å². The zero-order chi connectivity index (χ0) is 22.3. The maximum absolute atomic E-state index is 13.3. The average Bonchev–Trinajstić information content (AvgIpc) is 3.53. The first-order chi connectivity index (χ1) is 15.5. The molecule has 3 heterocycles. The molecular formula is C20H15BrN8O3. The van der Waals surface area contributed by atoms with Crippen LogP contribution in [0.3, 0.4) is 0 Å². The topological polar surface area (TPSA) is 132 Å². The predicted molar refractivity (Wildman–Crippen MR) is 113 cm³/mol. The van der Waals surface area contributed by atoms with Crippen LogP contribution in [-0.2, 0) is 16.9 Å². The lowest BCUT2D eigenvalue weighted by atomic mass is 9.91. The van der Waals surface area contributed by atoms with Crippen molar-refractivity contribution in [3.8, 4) is 17.1 Å². The highest BCUT2D eigenvalue weighted by Crippen LogP contribution is 2.31. The number of nitrogens with one attached hydrogen (secondary N) is 1. The number of urea groups is 1. The molecule has 4 aromatic rings. The maximum atomic E-state index is 13.3. The van der Waals surface area contributed by atoms with E-state index in [1.54, 1.807) is 31.2 Å². The fourth-order valence-electron chi connectivity index (χ4n) is 3.47. The second-order valence-corrected chi connectivity index (χ2v) is 8.09. The van der Waals surface area contributed by atoms with E-state index in [2.05, 4.69) is 47.0 Å². The van der Waals surface area contributed by atoms with Gasteiger partial charge in [0.15, 0.2) is 0 Å². The summed E-state index contributed by atoms with van der Waals surface area (Å²) in [4.78, 5) is 27.0. The molecule has 0 aliphatic carbocycles. The van der Waals surface area contributed by atoms with Gasteiger partial charge in [-0.15, -0.1) is 15.3 Å². The predicted octanol–water partition coefficient (Wildman–Crippen LogP) is 2.44. The second kappa shape index (κ2) is 7.64. The monoisotopic (exact) mass is 494 g/mol. The number of halogens is 1. The van der Waals surface area contributed by atoms with Gasteiger partial charge in [-0.1, -0.05) is 24.3 Å². The molecule has 32 heavy (non-hydrogen) atoms. The van der Waals surface area contributed by atoms with Crippen molar-refractivity contribution in [3.63, 3.8) is 0 Å². The van der Waals surface area contributed by atoms with E-state index in [-0.39, 0.29) is 18.3 Å². The molecule has 0 radical (unpaired) electrons. The summed E-state index contributed by atoms with van der Waals surface area (Å²) in [5, 5.41) is 21.9. The zero-order valence-corrected chi connectivity index (χ0v) is 18.2. The highest BCUT2D eigenvalue weighted by molar-refractivity contribution is 9.10. The van der Waals surface area contributed by atoms with Gasteiger partial charge in [0.2, 0.25) is 11.8 Å². The van der Waals surface area contributed by atoms with Crippen molar-refractivity contribution in [3.05, 3.63) is 70.8 Å². The van der Waals surface area contributed by atoms with Crippen LogP contribution in [0.15, 0.2) is 63.7 Å². The van der Waals surface area contributed by atoms with E-state index in [9.17, 15) is 9.59 Å². The molecule has 0 spiro atoms. The van der Waals surface area contributed by atoms with Crippen LogP contribution in [0.5, 0.6) is 0 Å². The van der Waals surface area contributed by atoms with E-state index >= 15 is 0 Å². The molecule has 12 heteroatoms. The third-order valence-corrected chi connectivity index (χ3v) is 5.87. The molecular weight excluding hydrogens is 480 g/mol. The summed E-state index contributed by atoms with van der Waals surface area (Å²) < 4.78 is 7.96. The van der Waals surface area contributed by atoms with Gasteiger partial charge in [-0.05, 0) is 63.1 Å². The van der Waals surface area contributed by atoms with Crippen LogP contribution in [0.1, 0.15) is 18.4 Å². The molecule has 2 aromatic heterocycles. The SMILES string of the molecule is C[C@]1(c2cccc(-n3cnnn3)c2)NC(=O)N(Cc2nnc(-c3ccccc3Br)o2)C1=O. The number of amides is 3. The molecule has 1 atom stereocenters. The van der Waals surface area contributed by atoms with E-state index < -0.39 is 17.5 Å². The Morgan fingerprint density at radius 3 is 2.75 bits per heavy atom. The molecule has 2 aromatic carbocycles. The highest BCUT2D eigenvalue weighted by Gasteiger charge is 2.49.